The van der Waals surface area contributed by atoms with Crippen LogP contribution < -0.4 is 14.2 Å². The molecule has 0 radical (unpaired) electrons. The number of aryl methyl sites for hydroxylation is 1. The lowest BCUT2D eigenvalue weighted by Crippen LogP contribution is -2.15. The first-order chi connectivity index (χ1) is 10.4. The second kappa shape index (κ2) is 6.46. The first-order valence-electron chi connectivity index (χ1n) is 6.38. The molecule has 0 unspecified atom stereocenters. The van der Waals surface area contributed by atoms with Crippen LogP contribution in [0.4, 0.5) is 5.69 Å². The molecule has 0 aliphatic heterocycles. The van der Waals surface area contributed by atoms with Gasteiger partial charge in [-0.15, -0.1) is 0 Å². The van der Waals surface area contributed by atoms with Crippen LogP contribution in [0.2, 0.25) is 5.02 Å². The molecule has 0 amide bonds. The predicted molar refractivity (Wildman–Crippen MR) is 86.5 cm³/mol. The van der Waals surface area contributed by atoms with Gasteiger partial charge in [0.25, 0.3) is 10.0 Å². The van der Waals surface area contributed by atoms with Crippen molar-refractivity contribution in [3.63, 3.8) is 0 Å². The smallest absolute Gasteiger partial charge is 0.265 e. The maximum absolute atomic E-state index is 12.6. The number of hydrogen-bond donors (Lipinski definition) is 1. The van der Waals surface area contributed by atoms with E-state index in [-0.39, 0.29) is 10.6 Å². The molecule has 2 aromatic rings. The average molecular weight is 342 g/mol. The number of ether oxygens (including phenoxy) is 2. The van der Waals surface area contributed by atoms with Crippen LogP contribution in [0, 0.1) is 6.92 Å². The summed E-state index contributed by atoms with van der Waals surface area (Å²) < 4.78 is 37.9. The molecule has 0 aliphatic carbocycles. The van der Waals surface area contributed by atoms with Crippen LogP contribution in [0.3, 0.4) is 0 Å². The van der Waals surface area contributed by atoms with E-state index in [4.69, 9.17) is 21.1 Å². The third kappa shape index (κ3) is 3.45. The number of rotatable bonds is 5. The summed E-state index contributed by atoms with van der Waals surface area (Å²) in [6, 6.07) is 9.50. The van der Waals surface area contributed by atoms with Gasteiger partial charge in [-0.2, -0.15) is 0 Å². The molecule has 0 heterocycles. The van der Waals surface area contributed by atoms with Gasteiger partial charge in [0.1, 0.15) is 16.4 Å². The number of methoxy groups -OCH3 is 2. The van der Waals surface area contributed by atoms with Gasteiger partial charge in [0, 0.05) is 11.1 Å². The van der Waals surface area contributed by atoms with Crippen molar-refractivity contribution >= 4 is 27.3 Å². The van der Waals surface area contributed by atoms with Gasteiger partial charge in [0.05, 0.1) is 19.9 Å². The summed E-state index contributed by atoms with van der Waals surface area (Å²) in [5.74, 6) is 0.661. The molecule has 5 nitrogen and oxygen atoms in total. The van der Waals surface area contributed by atoms with Crippen LogP contribution in [0.25, 0.3) is 0 Å². The normalized spacial score (nSPS) is 11.1. The monoisotopic (exact) mass is 341 g/mol. The summed E-state index contributed by atoms with van der Waals surface area (Å²) in [5.41, 5.74) is 1.17. The minimum Gasteiger partial charge on any atom is -0.497 e. The SMILES string of the molecule is COc1ccc(OC)c(S(=O)(=O)Nc2ccc(Cl)cc2C)c1. The van der Waals surface area contributed by atoms with Crippen LogP contribution in [0.15, 0.2) is 41.3 Å². The summed E-state index contributed by atoms with van der Waals surface area (Å²) in [6.07, 6.45) is 0. The molecule has 1 N–H and O–H groups in total. The van der Waals surface area contributed by atoms with Crippen molar-refractivity contribution in [2.75, 3.05) is 18.9 Å². The first-order valence-corrected chi connectivity index (χ1v) is 8.24. The van der Waals surface area contributed by atoms with Gasteiger partial charge in [-0.1, -0.05) is 11.6 Å². The Morgan fingerprint density at radius 1 is 1.05 bits per heavy atom. The standard InChI is InChI=1S/C15H16ClNO4S/c1-10-8-11(16)4-6-13(10)17-22(18,19)15-9-12(20-2)5-7-14(15)21-3/h4-9,17H,1-3H3. The lowest BCUT2D eigenvalue weighted by Gasteiger charge is -2.14. The summed E-state index contributed by atoms with van der Waals surface area (Å²) in [7, 11) is -0.944. The molecule has 22 heavy (non-hydrogen) atoms. The van der Waals surface area contributed by atoms with Gasteiger partial charge < -0.3 is 9.47 Å². The van der Waals surface area contributed by atoms with Crippen LogP contribution in [-0.2, 0) is 10.0 Å². The van der Waals surface area contributed by atoms with Gasteiger partial charge in [0.15, 0.2) is 0 Å². The minimum atomic E-state index is -3.82. The Kier molecular flexibility index (Phi) is 4.83. The average Bonchev–Trinajstić information content (AvgIpc) is 2.49. The van der Waals surface area contributed by atoms with Crippen molar-refractivity contribution in [3.8, 4) is 11.5 Å². The van der Waals surface area contributed by atoms with Crippen LogP contribution in [0.5, 0.6) is 11.5 Å². The summed E-state index contributed by atoms with van der Waals surface area (Å²) in [4.78, 5) is 0.00343. The highest BCUT2D eigenvalue weighted by Gasteiger charge is 2.21. The molecule has 0 spiro atoms. The predicted octanol–water partition coefficient (Wildman–Crippen LogP) is 3.47. The molecule has 118 valence electrons. The Labute approximate surface area is 134 Å². The van der Waals surface area contributed by atoms with Gasteiger partial charge in [0.2, 0.25) is 0 Å². The fourth-order valence-electron chi connectivity index (χ4n) is 1.94. The van der Waals surface area contributed by atoms with E-state index >= 15 is 0 Å². The Balaban J connectivity index is 2.46. The zero-order chi connectivity index (χ0) is 16.3. The van der Waals surface area contributed by atoms with Gasteiger partial charge >= 0.3 is 0 Å². The largest absolute Gasteiger partial charge is 0.497 e. The van der Waals surface area contributed by atoms with Crippen LogP contribution in [0.1, 0.15) is 5.56 Å². The van der Waals surface area contributed by atoms with E-state index in [1.165, 1.54) is 20.3 Å². The highest BCUT2D eigenvalue weighted by atomic mass is 35.5. The second-order valence-electron chi connectivity index (χ2n) is 4.58. The zero-order valence-corrected chi connectivity index (χ0v) is 14.0. The fourth-order valence-corrected chi connectivity index (χ4v) is 3.48. The third-order valence-corrected chi connectivity index (χ3v) is 4.71. The van der Waals surface area contributed by atoms with E-state index in [0.717, 1.165) is 5.56 Å². The molecule has 0 saturated heterocycles. The maximum atomic E-state index is 12.6. The molecule has 0 bridgehead atoms. The van der Waals surface area contributed by atoms with E-state index in [1.54, 1.807) is 37.3 Å². The molecular formula is C15H16ClNO4S. The number of benzene rings is 2. The van der Waals surface area contributed by atoms with Crippen molar-refractivity contribution in [2.45, 2.75) is 11.8 Å². The molecule has 0 aliphatic rings. The fraction of sp³-hybridized carbons (Fsp3) is 0.200. The molecule has 2 rings (SSSR count). The maximum Gasteiger partial charge on any atom is 0.265 e. The van der Waals surface area contributed by atoms with Crippen molar-refractivity contribution in [2.24, 2.45) is 0 Å². The Hall–Kier alpha value is -1.92. The van der Waals surface area contributed by atoms with E-state index in [2.05, 4.69) is 4.72 Å². The number of halogens is 1. The molecule has 0 fully saturated rings. The van der Waals surface area contributed by atoms with Crippen molar-refractivity contribution in [1.82, 2.24) is 0 Å². The quantitative estimate of drug-likeness (QED) is 0.904. The number of sulfonamides is 1. The zero-order valence-electron chi connectivity index (χ0n) is 12.4. The Bertz CT molecular complexity index is 790. The molecule has 0 saturated carbocycles. The minimum absolute atomic E-state index is 0.00343. The van der Waals surface area contributed by atoms with E-state index in [0.29, 0.717) is 16.5 Å². The van der Waals surface area contributed by atoms with E-state index in [9.17, 15) is 8.42 Å². The van der Waals surface area contributed by atoms with Crippen LogP contribution in [-0.4, -0.2) is 22.6 Å². The molecule has 0 atom stereocenters. The van der Waals surface area contributed by atoms with Crippen molar-refractivity contribution in [3.05, 3.63) is 47.0 Å². The topological polar surface area (TPSA) is 64.6 Å². The van der Waals surface area contributed by atoms with Gasteiger partial charge in [-0.3, -0.25) is 4.72 Å². The summed E-state index contributed by atoms with van der Waals surface area (Å²) in [5, 5.41) is 0.541. The molecular weight excluding hydrogens is 326 g/mol. The number of nitrogens with one attached hydrogen (secondary N) is 1. The summed E-state index contributed by atoms with van der Waals surface area (Å²) in [6.45, 7) is 1.77. The van der Waals surface area contributed by atoms with Crippen molar-refractivity contribution < 1.29 is 17.9 Å². The highest BCUT2D eigenvalue weighted by Crippen LogP contribution is 2.30. The van der Waals surface area contributed by atoms with Gasteiger partial charge in [-0.25, -0.2) is 8.42 Å². The van der Waals surface area contributed by atoms with Crippen molar-refractivity contribution in [1.29, 1.82) is 0 Å². The number of anilines is 1. The van der Waals surface area contributed by atoms with E-state index < -0.39 is 10.0 Å². The first kappa shape index (κ1) is 16.5. The van der Waals surface area contributed by atoms with E-state index in [1.807, 2.05) is 0 Å². The van der Waals surface area contributed by atoms with Crippen LogP contribution >= 0.6 is 11.6 Å². The Morgan fingerprint density at radius 2 is 1.77 bits per heavy atom. The number of hydrogen-bond acceptors (Lipinski definition) is 4. The Morgan fingerprint density at radius 3 is 2.36 bits per heavy atom. The molecule has 2 aromatic carbocycles. The lowest BCUT2D eigenvalue weighted by atomic mass is 10.2. The van der Waals surface area contributed by atoms with Gasteiger partial charge in [-0.05, 0) is 42.8 Å². The highest BCUT2D eigenvalue weighted by molar-refractivity contribution is 7.92. The molecule has 0 aromatic heterocycles. The second-order valence-corrected chi connectivity index (χ2v) is 6.67. The summed E-state index contributed by atoms with van der Waals surface area (Å²) >= 11 is 5.88. The molecule has 7 heteroatoms. The lowest BCUT2D eigenvalue weighted by molar-refractivity contribution is 0.392. The third-order valence-electron chi connectivity index (χ3n) is 3.09.